The number of nitrogens with two attached hydrogens (primary N) is 1. The number of ether oxygens (including phenoxy) is 1. The minimum Gasteiger partial charge on any atom is -0.372 e. The van der Waals surface area contributed by atoms with Gasteiger partial charge in [-0.15, -0.1) is 0 Å². The van der Waals surface area contributed by atoms with Gasteiger partial charge >= 0.3 is 0 Å². The third-order valence-corrected chi connectivity index (χ3v) is 5.66. The summed E-state index contributed by atoms with van der Waals surface area (Å²) in [6, 6.07) is 10.1. The van der Waals surface area contributed by atoms with Crippen LogP contribution in [-0.2, 0) is 9.53 Å². The molecule has 3 N–H and O–H groups in total. The van der Waals surface area contributed by atoms with E-state index in [1.165, 1.54) is 6.42 Å². The molecule has 1 aromatic carbocycles. The molecular formula is C22H36N2O2. The first-order chi connectivity index (χ1) is 12.5. The topological polar surface area (TPSA) is 64.3 Å². The standard InChI is InChI=1S/C22H36N2O2/c1-16(2)19-11-10-17(3)14-20(19)22(25)24-15-21(26-13-7-12-23)18-8-5-4-6-9-18/h4-6,8-9,16-17,19-21H,7,10-15,23H2,1-3H3,(H,24,25)/t17-,19+,20+,21?/m0/s1. The van der Waals surface area contributed by atoms with Crippen molar-refractivity contribution in [1.82, 2.24) is 5.32 Å². The Hall–Kier alpha value is -1.39. The summed E-state index contributed by atoms with van der Waals surface area (Å²) in [5.41, 5.74) is 6.68. The number of benzene rings is 1. The zero-order valence-electron chi connectivity index (χ0n) is 16.6. The summed E-state index contributed by atoms with van der Waals surface area (Å²) in [5.74, 6) is 1.98. The Labute approximate surface area is 158 Å². The molecule has 146 valence electrons. The average Bonchev–Trinajstić information content (AvgIpc) is 2.64. The molecule has 0 aromatic heterocycles. The van der Waals surface area contributed by atoms with Crippen molar-refractivity contribution < 1.29 is 9.53 Å². The van der Waals surface area contributed by atoms with Gasteiger partial charge in [0.2, 0.25) is 5.91 Å². The number of hydrogen-bond donors (Lipinski definition) is 2. The molecule has 1 aliphatic carbocycles. The molecule has 4 nitrogen and oxygen atoms in total. The second-order valence-corrected chi connectivity index (χ2v) is 8.09. The van der Waals surface area contributed by atoms with Crippen LogP contribution >= 0.6 is 0 Å². The first-order valence-electron chi connectivity index (χ1n) is 10.2. The van der Waals surface area contributed by atoms with Crippen molar-refractivity contribution in [2.75, 3.05) is 19.7 Å². The largest absolute Gasteiger partial charge is 0.372 e. The van der Waals surface area contributed by atoms with E-state index in [9.17, 15) is 4.79 Å². The van der Waals surface area contributed by atoms with Crippen molar-refractivity contribution in [2.45, 2.75) is 52.6 Å². The van der Waals surface area contributed by atoms with Crippen LogP contribution in [0.3, 0.4) is 0 Å². The van der Waals surface area contributed by atoms with E-state index in [0.29, 0.717) is 37.5 Å². The molecule has 1 saturated carbocycles. The van der Waals surface area contributed by atoms with Crippen LogP contribution in [0.15, 0.2) is 30.3 Å². The Bertz CT molecular complexity index is 532. The molecular weight excluding hydrogens is 324 g/mol. The van der Waals surface area contributed by atoms with Gasteiger partial charge in [-0.3, -0.25) is 4.79 Å². The van der Waals surface area contributed by atoms with E-state index in [4.69, 9.17) is 10.5 Å². The molecule has 1 fully saturated rings. The van der Waals surface area contributed by atoms with E-state index < -0.39 is 0 Å². The Balaban J connectivity index is 1.98. The van der Waals surface area contributed by atoms with Gasteiger partial charge in [0.25, 0.3) is 0 Å². The average molecular weight is 361 g/mol. The summed E-state index contributed by atoms with van der Waals surface area (Å²) in [6.45, 7) is 8.49. The highest BCUT2D eigenvalue weighted by atomic mass is 16.5. The molecule has 0 heterocycles. The quantitative estimate of drug-likeness (QED) is 0.656. The fourth-order valence-electron chi connectivity index (χ4n) is 4.08. The lowest BCUT2D eigenvalue weighted by atomic mass is 9.70. The van der Waals surface area contributed by atoms with Gasteiger partial charge in [0.05, 0.1) is 6.10 Å². The van der Waals surface area contributed by atoms with E-state index in [-0.39, 0.29) is 17.9 Å². The van der Waals surface area contributed by atoms with Crippen molar-refractivity contribution in [1.29, 1.82) is 0 Å². The van der Waals surface area contributed by atoms with Crippen molar-refractivity contribution in [3.8, 4) is 0 Å². The van der Waals surface area contributed by atoms with Gasteiger partial charge in [0.1, 0.15) is 0 Å². The summed E-state index contributed by atoms with van der Waals surface area (Å²) in [6.07, 6.45) is 4.10. The third-order valence-electron chi connectivity index (χ3n) is 5.66. The second kappa shape index (κ2) is 10.7. The third kappa shape index (κ3) is 6.10. The Kier molecular flexibility index (Phi) is 8.60. The van der Waals surface area contributed by atoms with E-state index in [2.05, 4.69) is 38.2 Å². The van der Waals surface area contributed by atoms with Gasteiger partial charge in [-0.2, -0.15) is 0 Å². The highest BCUT2D eigenvalue weighted by Crippen LogP contribution is 2.38. The maximum Gasteiger partial charge on any atom is 0.223 e. The molecule has 4 atom stereocenters. The summed E-state index contributed by atoms with van der Waals surface area (Å²) < 4.78 is 6.01. The molecule has 2 rings (SSSR count). The molecule has 0 bridgehead atoms. The SMILES string of the molecule is CC(C)[C@H]1CC[C@H](C)C[C@H]1C(=O)NCC(OCCCN)c1ccccc1. The molecule has 0 aliphatic heterocycles. The number of amides is 1. The molecule has 4 heteroatoms. The maximum absolute atomic E-state index is 12.9. The monoisotopic (exact) mass is 360 g/mol. The minimum absolute atomic E-state index is 0.120. The van der Waals surface area contributed by atoms with E-state index in [0.717, 1.165) is 24.8 Å². The Morgan fingerprint density at radius 1 is 1.27 bits per heavy atom. The molecule has 0 spiro atoms. The van der Waals surface area contributed by atoms with Crippen LogP contribution in [0.1, 0.15) is 58.1 Å². The maximum atomic E-state index is 12.9. The zero-order valence-corrected chi connectivity index (χ0v) is 16.6. The lowest BCUT2D eigenvalue weighted by molar-refractivity contribution is -0.130. The van der Waals surface area contributed by atoms with E-state index in [1.54, 1.807) is 0 Å². The molecule has 1 aliphatic rings. The minimum atomic E-state index is -0.120. The predicted molar refractivity (Wildman–Crippen MR) is 107 cm³/mol. The number of carbonyl (C=O) groups excluding carboxylic acids is 1. The molecule has 1 amide bonds. The fraction of sp³-hybridized carbons (Fsp3) is 0.682. The van der Waals surface area contributed by atoms with Crippen molar-refractivity contribution in [2.24, 2.45) is 29.4 Å². The highest BCUT2D eigenvalue weighted by Gasteiger charge is 2.35. The Morgan fingerprint density at radius 3 is 2.65 bits per heavy atom. The summed E-state index contributed by atoms with van der Waals surface area (Å²) in [4.78, 5) is 12.9. The van der Waals surface area contributed by atoms with Gasteiger partial charge < -0.3 is 15.8 Å². The smallest absolute Gasteiger partial charge is 0.223 e. The summed E-state index contributed by atoms with van der Waals surface area (Å²) in [5, 5.41) is 3.19. The van der Waals surface area contributed by atoms with Crippen LogP contribution in [0.4, 0.5) is 0 Å². The number of carbonyl (C=O) groups is 1. The van der Waals surface area contributed by atoms with Crippen LogP contribution in [0, 0.1) is 23.7 Å². The van der Waals surface area contributed by atoms with Crippen molar-refractivity contribution in [3.05, 3.63) is 35.9 Å². The van der Waals surface area contributed by atoms with Crippen LogP contribution in [-0.4, -0.2) is 25.6 Å². The van der Waals surface area contributed by atoms with Crippen LogP contribution in [0.2, 0.25) is 0 Å². The summed E-state index contributed by atoms with van der Waals surface area (Å²) >= 11 is 0. The molecule has 1 aromatic rings. The number of rotatable bonds is 9. The van der Waals surface area contributed by atoms with Gasteiger partial charge in [-0.1, -0.05) is 57.5 Å². The van der Waals surface area contributed by atoms with Crippen LogP contribution in [0.5, 0.6) is 0 Å². The molecule has 0 saturated heterocycles. The van der Waals surface area contributed by atoms with Gasteiger partial charge in [-0.05, 0) is 49.1 Å². The lowest BCUT2D eigenvalue weighted by Gasteiger charge is -2.36. The van der Waals surface area contributed by atoms with Crippen molar-refractivity contribution in [3.63, 3.8) is 0 Å². The molecule has 1 unspecified atom stereocenters. The normalized spacial score (nSPS) is 24.4. The van der Waals surface area contributed by atoms with Crippen molar-refractivity contribution >= 4 is 5.91 Å². The highest BCUT2D eigenvalue weighted by molar-refractivity contribution is 5.79. The van der Waals surface area contributed by atoms with E-state index >= 15 is 0 Å². The summed E-state index contributed by atoms with van der Waals surface area (Å²) in [7, 11) is 0. The lowest BCUT2D eigenvalue weighted by Crippen LogP contribution is -2.41. The van der Waals surface area contributed by atoms with Gasteiger partial charge in [-0.25, -0.2) is 0 Å². The first-order valence-corrected chi connectivity index (χ1v) is 10.2. The number of hydrogen-bond acceptors (Lipinski definition) is 3. The van der Waals surface area contributed by atoms with Gasteiger partial charge in [0.15, 0.2) is 0 Å². The molecule has 26 heavy (non-hydrogen) atoms. The molecule has 0 radical (unpaired) electrons. The van der Waals surface area contributed by atoms with Crippen LogP contribution < -0.4 is 11.1 Å². The van der Waals surface area contributed by atoms with E-state index in [1.807, 2.05) is 18.2 Å². The second-order valence-electron chi connectivity index (χ2n) is 8.09. The number of nitrogens with one attached hydrogen (secondary N) is 1. The first kappa shape index (κ1) is 20.9. The van der Waals surface area contributed by atoms with Crippen LogP contribution in [0.25, 0.3) is 0 Å². The fourth-order valence-corrected chi connectivity index (χ4v) is 4.08. The zero-order chi connectivity index (χ0) is 18.9. The predicted octanol–water partition coefficient (Wildman–Crippen LogP) is 3.92. The Morgan fingerprint density at radius 2 is 2.00 bits per heavy atom. The van der Waals surface area contributed by atoms with Gasteiger partial charge in [0, 0.05) is 19.1 Å².